The Hall–Kier alpha value is -1.39. The van der Waals surface area contributed by atoms with E-state index in [9.17, 15) is 14.4 Å². The summed E-state index contributed by atoms with van der Waals surface area (Å²) >= 11 is 0. The maximum absolute atomic E-state index is 11.4. The molecule has 0 aromatic heterocycles. The van der Waals surface area contributed by atoms with Crippen LogP contribution in [0.2, 0.25) is 0 Å². The van der Waals surface area contributed by atoms with Crippen LogP contribution in [0.15, 0.2) is 0 Å². The number of nitrogens with one attached hydrogen (secondary N) is 2. The zero-order valence-corrected chi connectivity index (χ0v) is 13.8. The number of amides is 2. The molecule has 1 saturated carbocycles. The van der Waals surface area contributed by atoms with Crippen molar-refractivity contribution in [2.24, 2.45) is 0 Å². The Kier molecular flexibility index (Phi) is 9.51. The second-order valence-corrected chi connectivity index (χ2v) is 6.13. The Morgan fingerprint density at radius 1 is 0.909 bits per heavy atom. The van der Waals surface area contributed by atoms with E-state index in [4.69, 9.17) is 0 Å². The predicted octanol–water partition coefficient (Wildman–Crippen LogP) is 2.48. The van der Waals surface area contributed by atoms with E-state index in [1.54, 1.807) is 0 Å². The molecule has 1 aliphatic rings. The van der Waals surface area contributed by atoms with Crippen molar-refractivity contribution in [3.8, 4) is 0 Å². The van der Waals surface area contributed by atoms with Crippen molar-refractivity contribution in [2.75, 3.05) is 6.54 Å². The SMILES string of the molecule is CCCCCCCCCCCCNC(=O)C(=O)NC1CC1=O. The predicted molar refractivity (Wildman–Crippen MR) is 86.4 cm³/mol. The summed E-state index contributed by atoms with van der Waals surface area (Å²) in [5, 5.41) is 4.99. The molecule has 0 spiro atoms. The molecule has 0 heterocycles. The van der Waals surface area contributed by atoms with Crippen LogP contribution in [-0.4, -0.2) is 30.2 Å². The molecule has 1 atom stereocenters. The molecule has 1 aliphatic carbocycles. The van der Waals surface area contributed by atoms with Gasteiger partial charge in [-0.25, -0.2) is 0 Å². The van der Waals surface area contributed by atoms with Gasteiger partial charge in [-0.15, -0.1) is 0 Å². The van der Waals surface area contributed by atoms with E-state index in [1.807, 2.05) is 0 Å². The summed E-state index contributed by atoms with van der Waals surface area (Å²) in [4.78, 5) is 33.6. The molecule has 1 rings (SSSR count). The molecule has 1 fully saturated rings. The summed E-state index contributed by atoms with van der Waals surface area (Å²) in [6.07, 6.45) is 12.8. The minimum absolute atomic E-state index is 0.00385. The summed E-state index contributed by atoms with van der Waals surface area (Å²) in [6, 6.07) is -0.421. The van der Waals surface area contributed by atoms with Crippen LogP contribution in [0.4, 0.5) is 0 Å². The van der Waals surface area contributed by atoms with Gasteiger partial charge in [0.15, 0.2) is 5.78 Å². The Morgan fingerprint density at radius 3 is 1.91 bits per heavy atom. The Balaban J connectivity index is 1.83. The number of Topliss-reactive ketones (excluding diaryl/α,β-unsaturated/α-hetero) is 1. The molecule has 2 N–H and O–H groups in total. The second-order valence-electron chi connectivity index (χ2n) is 6.13. The van der Waals surface area contributed by atoms with Crippen molar-refractivity contribution in [3.05, 3.63) is 0 Å². The monoisotopic (exact) mass is 310 g/mol. The highest BCUT2D eigenvalue weighted by Gasteiger charge is 2.37. The lowest BCUT2D eigenvalue weighted by Gasteiger charge is -2.05. The lowest BCUT2D eigenvalue weighted by molar-refractivity contribution is -0.139. The largest absolute Gasteiger partial charge is 0.348 e. The zero-order valence-electron chi connectivity index (χ0n) is 13.8. The first kappa shape index (κ1) is 18.7. The van der Waals surface area contributed by atoms with Crippen molar-refractivity contribution >= 4 is 17.6 Å². The van der Waals surface area contributed by atoms with Crippen LogP contribution in [0.3, 0.4) is 0 Å². The molecular weight excluding hydrogens is 280 g/mol. The van der Waals surface area contributed by atoms with Gasteiger partial charge in [-0.1, -0.05) is 64.7 Å². The van der Waals surface area contributed by atoms with Crippen LogP contribution in [-0.2, 0) is 14.4 Å². The molecule has 0 aliphatic heterocycles. The van der Waals surface area contributed by atoms with Crippen LogP contribution in [0.5, 0.6) is 0 Å². The van der Waals surface area contributed by atoms with Crippen molar-refractivity contribution in [1.82, 2.24) is 10.6 Å². The first-order valence-electron chi connectivity index (χ1n) is 8.76. The Labute approximate surface area is 133 Å². The average Bonchev–Trinajstić information content (AvgIpc) is 3.19. The highest BCUT2D eigenvalue weighted by molar-refractivity contribution is 6.36. The third-order valence-electron chi connectivity index (χ3n) is 3.96. The van der Waals surface area contributed by atoms with Crippen LogP contribution in [0.1, 0.15) is 77.6 Å². The fraction of sp³-hybridized carbons (Fsp3) is 0.824. The van der Waals surface area contributed by atoms with E-state index >= 15 is 0 Å². The molecule has 0 bridgehead atoms. The summed E-state index contributed by atoms with van der Waals surface area (Å²) in [5.74, 6) is -1.32. The van der Waals surface area contributed by atoms with E-state index in [-0.39, 0.29) is 5.78 Å². The number of hydrogen-bond donors (Lipinski definition) is 2. The van der Waals surface area contributed by atoms with Crippen LogP contribution >= 0.6 is 0 Å². The molecule has 5 heteroatoms. The summed E-state index contributed by atoms with van der Waals surface area (Å²) in [6.45, 7) is 2.76. The smallest absolute Gasteiger partial charge is 0.309 e. The van der Waals surface area contributed by atoms with E-state index in [0.29, 0.717) is 13.0 Å². The summed E-state index contributed by atoms with van der Waals surface area (Å²) < 4.78 is 0. The lowest BCUT2D eigenvalue weighted by atomic mass is 10.1. The quantitative estimate of drug-likeness (QED) is 0.429. The third-order valence-corrected chi connectivity index (χ3v) is 3.96. The number of carbonyl (C=O) groups is 3. The van der Waals surface area contributed by atoms with Gasteiger partial charge in [0.2, 0.25) is 0 Å². The molecule has 1 unspecified atom stereocenters. The number of hydrogen-bond acceptors (Lipinski definition) is 3. The number of ketones is 1. The van der Waals surface area contributed by atoms with Crippen LogP contribution in [0.25, 0.3) is 0 Å². The Bertz CT molecular complexity index is 369. The van der Waals surface area contributed by atoms with Gasteiger partial charge in [-0.05, 0) is 6.42 Å². The van der Waals surface area contributed by atoms with Gasteiger partial charge in [0.1, 0.15) is 0 Å². The van der Waals surface area contributed by atoms with E-state index in [1.165, 1.54) is 51.4 Å². The van der Waals surface area contributed by atoms with Gasteiger partial charge in [-0.3, -0.25) is 14.4 Å². The fourth-order valence-corrected chi connectivity index (χ4v) is 2.39. The van der Waals surface area contributed by atoms with Gasteiger partial charge >= 0.3 is 11.8 Å². The molecule has 0 saturated heterocycles. The standard InChI is InChI=1S/C17H30N2O3/c1-2-3-4-5-6-7-8-9-10-11-12-18-16(21)17(22)19-14-13-15(14)20/h14H,2-13H2,1H3,(H,18,21)(H,19,22). The highest BCUT2D eigenvalue weighted by Crippen LogP contribution is 2.12. The van der Waals surface area contributed by atoms with Crippen molar-refractivity contribution in [1.29, 1.82) is 0 Å². The molecule has 0 aromatic rings. The normalized spacial score (nSPS) is 16.4. The van der Waals surface area contributed by atoms with E-state index in [2.05, 4.69) is 17.6 Å². The lowest BCUT2D eigenvalue weighted by Crippen LogP contribution is -2.41. The molecule has 5 nitrogen and oxygen atoms in total. The van der Waals surface area contributed by atoms with Crippen molar-refractivity contribution < 1.29 is 14.4 Å². The zero-order chi connectivity index (χ0) is 16.2. The fourth-order valence-electron chi connectivity index (χ4n) is 2.39. The second kappa shape index (κ2) is 11.2. The van der Waals surface area contributed by atoms with Crippen molar-refractivity contribution in [3.63, 3.8) is 0 Å². The third kappa shape index (κ3) is 8.80. The van der Waals surface area contributed by atoms with E-state index < -0.39 is 17.9 Å². The Morgan fingerprint density at radius 2 is 1.41 bits per heavy atom. The van der Waals surface area contributed by atoms with Gasteiger partial charge in [0.05, 0.1) is 6.04 Å². The molecule has 126 valence electrons. The van der Waals surface area contributed by atoms with Crippen molar-refractivity contribution in [2.45, 2.75) is 83.6 Å². The van der Waals surface area contributed by atoms with Gasteiger partial charge < -0.3 is 10.6 Å². The van der Waals surface area contributed by atoms with Crippen LogP contribution < -0.4 is 10.6 Å². The van der Waals surface area contributed by atoms with E-state index in [0.717, 1.165) is 12.8 Å². The molecule has 0 aromatic carbocycles. The molecule has 2 amide bonds. The molecule has 22 heavy (non-hydrogen) atoms. The summed E-state index contributed by atoms with van der Waals surface area (Å²) in [5.41, 5.74) is 0. The maximum atomic E-state index is 11.4. The van der Waals surface area contributed by atoms with Crippen LogP contribution in [0, 0.1) is 0 Å². The topological polar surface area (TPSA) is 75.3 Å². The highest BCUT2D eigenvalue weighted by atomic mass is 16.2. The first-order valence-corrected chi connectivity index (χ1v) is 8.76. The van der Waals surface area contributed by atoms with Gasteiger partial charge in [0, 0.05) is 13.0 Å². The number of rotatable bonds is 12. The number of carbonyl (C=O) groups excluding carboxylic acids is 3. The maximum Gasteiger partial charge on any atom is 0.309 e. The average molecular weight is 310 g/mol. The van der Waals surface area contributed by atoms with Gasteiger partial charge in [-0.2, -0.15) is 0 Å². The number of unbranched alkanes of at least 4 members (excludes halogenated alkanes) is 9. The molecule has 0 radical (unpaired) electrons. The minimum Gasteiger partial charge on any atom is -0.348 e. The first-order chi connectivity index (χ1) is 10.6. The minimum atomic E-state index is -0.692. The summed E-state index contributed by atoms with van der Waals surface area (Å²) in [7, 11) is 0. The van der Waals surface area contributed by atoms with Gasteiger partial charge in [0.25, 0.3) is 0 Å². The molecular formula is C17H30N2O3.